The third-order valence-electron chi connectivity index (χ3n) is 2.37. The maximum Gasteiger partial charge on any atom is 0.0681 e. The van der Waals surface area contributed by atoms with Gasteiger partial charge in [0.2, 0.25) is 0 Å². The molecule has 14 heavy (non-hydrogen) atoms. The molecule has 3 nitrogen and oxygen atoms in total. The maximum atomic E-state index is 5.76. The summed E-state index contributed by atoms with van der Waals surface area (Å²) in [7, 11) is 1.96. The molecule has 0 saturated heterocycles. The molecule has 2 aromatic rings. The molecule has 0 radical (unpaired) electrons. The summed E-state index contributed by atoms with van der Waals surface area (Å²) in [6, 6.07) is 6.58. The highest BCUT2D eigenvalue weighted by atomic mass is 15.2. The van der Waals surface area contributed by atoms with E-state index in [9.17, 15) is 0 Å². The lowest BCUT2D eigenvalue weighted by Gasteiger charge is -2.05. The summed E-state index contributed by atoms with van der Waals surface area (Å²) < 4.78 is 1.89. The highest BCUT2D eigenvalue weighted by Gasteiger charge is 2.02. The van der Waals surface area contributed by atoms with Gasteiger partial charge in [0.15, 0.2) is 0 Å². The van der Waals surface area contributed by atoms with Crippen LogP contribution in [0.15, 0.2) is 24.4 Å². The van der Waals surface area contributed by atoms with E-state index in [0.717, 1.165) is 6.42 Å². The summed E-state index contributed by atoms with van der Waals surface area (Å²) in [6.07, 6.45) is 2.80. The summed E-state index contributed by atoms with van der Waals surface area (Å²) in [5, 5.41) is 5.38. The zero-order chi connectivity index (χ0) is 10.1. The van der Waals surface area contributed by atoms with Crippen LogP contribution in [0.25, 0.3) is 10.9 Å². The van der Waals surface area contributed by atoms with Gasteiger partial charge in [0.1, 0.15) is 0 Å². The van der Waals surface area contributed by atoms with Crippen molar-refractivity contribution in [2.75, 3.05) is 0 Å². The normalized spacial score (nSPS) is 13.4. The minimum Gasteiger partial charge on any atom is -0.328 e. The Morgan fingerprint density at radius 2 is 2.29 bits per heavy atom. The first-order valence-electron chi connectivity index (χ1n) is 4.83. The van der Waals surface area contributed by atoms with Crippen LogP contribution in [-0.4, -0.2) is 15.8 Å². The molecule has 0 spiro atoms. The van der Waals surface area contributed by atoms with E-state index in [4.69, 9.17) is 5.73 Å². The van der Waals surface area contributed by atoms with Crippen molar-refractivity contribution in [1.29, 1.82) is 0 Å². The highest BCUT2D eigenvalue weighted by molar-refractivity contribution is 5.79. The van der Waals surface area contributed by atoms with Gasteiger partial charge in [-0.15, -0.1) is 0 Å². The van der Waals surface area contributed by atoms with Crippen LogP contribution in [0.1, 0.15) is 12.5 Å². The fraction of sp³-hybridized carbons (Fsp3) is 0.364. The van der Waals surface area contributed by atoms with E-state index in [1.54, 1.807) is 0 Å². The van der Waals surface area contributed by atoms with Crippen molar-refractivity contribution in [1.82, 2.24) is 9.78 Å². The van der Waals surface area contributed by atoms with Gasteiger partial charge in [0, 0.05) is 18.5 Å². The number of benzene rings is 1. The van der Waals surface area contributed by atoms with E-state index in [1.807, 2.05) is 24.9 Å². The Hall–Kier alpha value is -1.35. The lowest BCUT2D eigenvalue weighted by molar-refractivity contribution is 0.737. The van der Waals surface area contributed by atoms with Crippen molar-refractivity contribution in [2.24, 2.45) is 12.8 Å². The van der Waals surface area contributed by atoms with E-state index in [1.165, 1.54) is 16.5 Å². The fourth-order valence-corrected chi connectivity index (χ4v) is 1.69. The number of aryl methyl sites for hydroxylation is 1. The topological polar surface area (TPSA) is 43.8 Å². The van der Waals surface area contributed by atoms with Crippen molar-refractivity contribution < 1.29 is 0 Å². The van der Waals surface area contributed by atoms with Gasteiger partial charge >= 0.3 is 0 Å². The molecule has 1 aromatic carbocycles. The SMILES string of the molecule is CC(N)Cc1ccc2cnn(C)c2c1. The van der Waals surface area contributed by atoms with Crippen LogP contribution >= 0.6 is 0 Å². The Balaban J connectivity index is 2.44. The highest BCUT2D eigenvalue weighted by Crippen LogP contribution is 2.15. The Morgan fingerprint density at radius 3 is 3.00 bits per heavy atom. The Bertz CT molecular complexity index is 443. The first kappa shape index (κ1) is 9.21. The lowest BCUT2D eigenvalue weighted by atomic mass is 10.1. The van der Waals surface area contributed by atoms with Crippen LogP contribution < -0.4 is 5.73 Å². The Morgan fingerprint density at radius 1 is 1.50 bits per heavy atom. The number of nitrogens with two attached hydrogens (primary N) is 1. The number of hydrogen-bond acceptors (Lipinski definition) is 2. The first-order chi connectivity index (χ1) is 6.66. The lowest BCUT2D eigenvalue weighted by Crippen LogP contribution is -2.17. The molecule has 0 aliphatic rings. The molecule has 0 saturated carbocycles. The van der Waals surface area contributed by atoms with Gasteiger partial charge in [-0.1, -0.05) is 12.1 Å². The molecule has 1 heterocycles. The van der Waals surface area contributed by atoms with Crippen molar-refractivity contribution >= 4 is 10.9 Å². The standard InChI is InChI=1S/C11H15N3/c1-8(12)5-9-3-4-10-7-13-14(2)11(10)6-9/h3-4,6-8H,5,12H2,1-2H3. The molecule has 3 heteroatoms. The van der Waals surface area contributed by atoms with Gasteiger partial charge in [-0.25, -0.2) is 0 Å². The molecular formula is C11H15N3. The average Bonchev–Trinajstić information content (AvgIpc) is 2.47. The fourth-order valence-electron chi connectivity index (χ4n) is 1.69. The number of rotatable bonds is 2. The first-order valence-corrected chi connectivity index (χ1v) is 4.83. The smallest absolute Gasteiger partial charge is 0.0681 e. The minimum atomic E-state index is 0.209. The van der Waals surface area contributed by atoms with Gasteiger partial charge in [-0.3, -0.25) is 4.68 Å². The second-order valence-corrected chi connectivity index (χ2v) is 3.84. The molecule has 1 atom stereocenters. The van der Waals surface area contributed by atoms with Crippen LogP contribution in [0, 0.1) is 0 Å². The predicted octanol–water partition coefficient (Wildman–Crippen LogP) is 1.46. The molecule has 0 fully saturated rings. The third-order valence-corrected chi connectivity index (χ3v) is 2.37. The predicted molar refractivity (Wildman–Crippen MR) is 58.1 cm³/mol. The number of hydrogen-bond donors (Lipinski definition) is 1. The summed E-state index contributed by atoms with van der Waals surface area (Å²) in [6.45, 7) is 2.02. The zero-order valence-corrected chi connectivity index (χ0v) is 8.57. The second-order valence-electron chi connectivity index (χ2n) is 3.84. The average molecular weight is 189 g/mol. The molecule has 2 N–H and O–H groups in total. The van der Waals surface area contributed by atoms with Crippen molar-refractivity contribution in [2.45, 2.75) is 19.4 Å². The monoisotopic (exact) mass is 189 g/mol. The van der Waals surface area contributed by atoms with E-state index in [-0.39, 0.29) is 6.04 Å². The number of fused-ring (bicyclic) bond motifs is 1. The van der Waals surface area contributed by atoms with E-state index in [0.29, 0.717) is 0 Å². The third kappa shape index (κ3) is 1.63. The van der Waals surface area contributed by atoms with Gasteiger partial charge in [0.05, 0.1) is 11.7 Å². The van der Waals surface area contributed by atoms with Crippen LogP contribution in [0.2, 0.25) is 0 Å². The van der Waals surface area contributed by atoms with Crippen molar-refractivity contribution in [3.05, 3.63) is 30.0 Å². The van der Waals surface area contributed by atoms with E-state index in [2.05, 4.69) is 23.3 Å². The molecular weight excluding hydrogens is 174 g/mol. The van der Waals surface area contributed by atoms with Crippen LogP contribution in [0.3, 0.4) is 0 Å². The Kier molecular flexibility index (Phi) is 2.25. The largest absolute Gasteiger partial charge is 0.328 e. The molecule has 0 bridgehead atoms. The van der Waals surface area contributed by atoms with Crippen LogP contribution in [-0.2, 0) is 13.5 Å². The summed E-state index contributed by atoms with van der Waals surface area (Å²) in [5.74, 6) is 0. The second kappa shape index (κ2) is 3.42. The summed E-state index contributed by atoms with van der Waals surface area (Å²) in [5.41, 5.74) is 8.20. The van der Waals surface area contributed by atoms with Crippen LogP contribution in [0.5, 0.6) is 0 Å². The van der Waals surface area contributed by atoms with Gasteiger partial charge < -0.3 is 5.73 Å². The van der Waals surface area contributed by atoms with Gasteiger partial charge in [-0.2, -0.15) is 5.10 Å². The molecule has 1 unspecified atom stereocenters. The van der Waals surface area contributed by atoms with E-state index >= 15 is 0 Å². The number of aromatic nitrogens is 2. The molecule has 2 rings (SSSR count). The summed E-state index contributed by atoms with van der Waals surface area (Å²) in [4.78, 5) is 0. The summed E-state index contributed by atoms with van der Waals surface area (Å²) >= 11 is 0. The number of nitrogens with zero attached hydrogens (tertiary/aromatic N) is 2. The molecule has 1 aromatic heterocycles. The van der Waals surface area contributed by atoms with E-state index < -0.39 is 0 Å². The molecule has 0 aliphatic carbocycles. The van der Waals surface area contributed by atoms with Gasteiger partial charge in [-0.05, 0) is 25.0 Å². The van der Waals surface area contributed by atoms with Crippen molar-refractivity contribution in [3.63, 3.8) is 0 Å². The van der Waals surface area contributed by atoms with Crippen molar-refractivity contribution in [3.8, 4) is 0 Å². The quantitative estimate of drug-likeness (QED) is 0.777. The molecule has 74 valence electrons. The van der Waals surface area contributed by atoms with Gasteiger partial charge in [0.25, 0.3) is 0 Å². The zero-order valence-electron chi connectivity index (χ0n) is 8.57. The molecule has 0 aliphatic heterocycles. The molecule has 0 amide bonds. The minimum absolute atomic E-state index is 0.209. The van der Waals surface area contributed by atoms with Crippen LogP contribution in [0.4, 0.5) is 0 Å². The maximum absolute atomic E-state index is 5.76. The Labute approximate surface area is 83.5 Å².